The first-order valence-corrected chi connectivity index (χ1v) is 11.9. The number of alkyl halides is 3. The number of rotatable bonds is 8. The minimum absolute atomic E-state index is 0.204. The third-order valence-electron chi connectivity index (χ3n) is 5.52. The second-order valence-corrected chi connectivity index (χ2v) is 11.0. The molecule has 2 heterocycles. The standard InChI is InChI=1S/C24H27Cl3N4O3/c1-22(2,24(25,26)27)34-21(33)31-23(3,14-16-15-30-19-10-5-4-9-18(16)19)20(32)29-13-11-17-8-6-7-12-28-17/h4-10,12,15,30H,11,13-14H2,1-3H3,(H,29,32)(H,31,33)/t23-/m1/s1. The first-order valence-electron chi connectivity index (χ1n) is 10.7. The predicted octanol–water partition coefficient (Wildman–Crippen LogP) is 5.10. The van der Waals surface area contributed by atoms with Crippen molar-refractivity contribution in [3.05, 3.63) is 66.1 Å². The lowest BCUT2D eigenvalue weighted by Crippen LogP contribution is -2.59. The summed E-state index contributed by atoms with van der Waals surface area (Å²) in [7, 11) is 0. The van der Waals surface area contributed by atoms with Crippen LogP contribution in [0.25, 0.3) is 10.9 Å². The van der Waals surface area contributed by atoms with Crippen LogP contribution in [-0.4, -0.2) is 43.4 Å². The molecule has 0 radical (unpaired) electrons. The van der Waals surface area contributed by atoms with Gasteiger partial charge in [-0.3, -0.25) is 9.78 Å². The van der Waals surface area contributed by atoms with Crippen LogP contribution in [0.3, 0.4) is 0 Å². The number of carbonyl (C=O) groups excluding carboxylic acids is 2. The number of hydrogen-bond acceptors (Lipinski definition) is 4. The maximum Gasteiger partial charge on any atom is 0.408 e. The topological polar surface area (TPSA) is 96.1 Å². The fourth-order valence-corrected chi connectivity index (χ4v) is 3.54. The number of alkyl carbamates (subject to hydrolysis) is 1. The summed E-state index contributed by atoms with van der Waals surface area (Å²) in [6, 6.07) is 13.3. The highest BCUT2D eigenvalue weighted by Gasteiger charge is 2.45. The van der Waals surface area contributed by atoms with E-state index in [1.807, 2.05) is 48.7 Å². The Morgan fingerprint density at radius 3 is 2.44 bits per heavy atom. The summed E-state index contributed by atoms with van der Waals surface area (Å²) >= 11 is 17.8. The van der Waals surface area contributed by atoms with Crippen LogP contribution >= 0.6 is 34.8 Å². The number of nitrogens with zero attached hydrogens (tertiary/aromatic N) is 1. The molecule has 1 atom stereocenters. The molecule has 10 heteroatoms. The lowest BCUT2D eigenvalue weighted by molar-refractivity contribution is -0.127. The third kappa shape index (κ3) is 6.34. The van der Waals surface area contributed by atoms with E-state index in [-0.39, 0.29) is 12.3 Å². The number of H-pyrrole nitrogens is 1. The van der Waals surface area contributed by atoms with E-state index in [0.717, 1.165) is 22.2 Å². The Kier molecular flexibility index (Phi) is 8.01. The molecule has 7 nitrogen and oxygen atoms in total. The van der Waals surface area contributed by atoms with Crippen molar-refractivity contribution in [3.8, 4) is 0 Å². The quantitative estimate of drug-likeness (QED) is 0.357. The summed E-state index contributed by atoms with van der Waals surface area (Å²) < 4.78 is 3.53. The number of carbonyl (C=O) groups is 2. The SMILES string of the molecule is CC(C)(OC(=O)N[C@](C)(Cc1c[nH]c2ccccc12)C(=O)NCCc1ccccn1)C(Cl)(Cl)Cl. The zero-order valence-electron chi connectivity index (χ0n) is 19.1. The van der Waals surface area contributed by atoms with Crippen molar-refractivity contribution in [1.29, 1.82) is 0 Å². The molecule has 0 unspecified atom stereocenters. The highest BCUT2D eigenvalue weighted by molar-refractivity contribution is 6.68. The number of pyridine rings is 1. The van der Waals surface area contributed by atoms with Crippen LogP contribution in [0.5, 0.6) is 0 Å². The highest BCUT2D eigenvalue weighted by atomic mass is 35.6. The zero-order chi connectivity index (χ0) is 25.0. The van der Waals surface area contributed by atoms with Crippen molar-refractivity contribution in [2.45, 2.75) is 48.5 Å². The average molecular weight is 526 g/mol. The van der Waals surface area contributed by atoms with Gasteiger partial charge in [0.15, 0.2) is 5.60 Å². The fraction of sp³-hybridized carbons (Fsp3) is 0.375. The lowest BCUT2D eigenvalue weighted by Gasteiger charge is -2.35. The number of hydrogen-bond donors (Lipinski definition) is 3. The molecular weight excluding hydrogens is 499 g/mol. The first kappa shape index (κ1) is 26.1. The summed E-state index contributed by atoms with van der Waals surface area (Å²) in [6.45, 7) is 4.93. The smallest absolute Gasteiger partial charge is 0.408 e. The fourth-order valence-electron chi connectivity index (χ4n) is 3.43. The van der Waals surface area contributed by atoms with Crippen molar-refractivity contribution < 1.29 is 14.3 Å². The average Bonchev–Trinajstić information content (AvgIpc) is 3.15. The molecular formula is C24H27Cl3N4O3. The number of halogens is 3. The van der Waals surface area contributed by atoms with E-state index in [1.165, 1.54) is 13.8 Å². The Hall–Kier alpha value is -2.48. The second kappa shape index (κ2) is 10.4. The number of ether oxygens (including phenoxy) is 1. The Labute approximate surface area is 213 Å². The molecule has 0 aliphatic carbocycles. The molecule has 0 spiro atoms. The van der Waals surface area contributed by atoms with Gasteiger partial charge in [-0.05, 0) is 44.5 Å². The molecule has 0 saturated carbocycles. The monoisotopic (exact) mass is 524 g/mol. The number of nitrogens with one attached hydrogen (secondary N) is 3. The van der Waals surface area contributed by atoms with Crippen LogP contribution in [0.4, 0.5) is 4.79 Å². The molecule has 0 bridgehead atoms. The maximum absolute atomic E-state index is 13.3. The highest BCUT2D eigenvalue weighted by Crippen LogP contribution is 2.40. The molecule has 0 fully saturated rings. The van der Waals surface area contributed by atoms with Gasteiger partial charge in [0.25, 0.3) is 0 Å². The largest absolute Gasteiger partial charge is 0.439 e. The molecule has 3 N–H and O–H groups in total. The van der Waals surface area contributed by atoms with E-state index in [2.05, 4.69) is 20.6 Å². The number of aromatic amines is 1. The molecule has 182 valence electrons. The van der Waals surface area contributed by atoms with Gasteiger partial charge in [-0.15, -0.1) is 0 Å². The number of benzene rings is 1. The van der Waals surface area contributed by atoms with Crippen molar-refractivity contribution in [2.24, 2.45) is 0 Å². The lowest BCUT2D eigenvalue weighted by atomic mass is 9.91. The van der Waals surface area contributed by atoms with E-state index in [0.29, 0.717) is 13.0 Å². The van der Waals surface area contributed by atoms with Crippen molar-refractivity contribution in [2.75, 3.05) is 6.54 Å². The molecule has 34 heavy (non-hydrogen) atoms. The Morgan fingerprint density at radius 2 is 1.76 bits per heavy atom. The summed E-state index contributed by atoms with van der Waals surface area (Å²) in [4.78, 5) is 33.6. The van der Waals surface area contributed by atoms with Gasteiger partial charge in [-0.2, -0.15) is 0 Å². The van der Waals surface area contributed by atoms with Gasteiger partial charge in [0.05, 0.1) is 0 Å². The molecule has 2 aromatic heterocycles. The van der Waals surface area contributed by atoms with Gasteiger partial charge >= 0.3 is 6.09 Å². The van der Waals surface area contributed by atoms with Crippen molar-refractivity contribution in [1.82, 2.24) is 20.6 Å². The van der Waals surface area contributed by atoms with Crippen LogP contribution in [0, 0.1) is 0 Å². The zero-order valence-corrected chi connectivity index (χ0v) is 21.4. The predicted molar refractivity (Wildman–Crippen MR) is 135 cm³/mol. The third-order valence-corrected chi connectivity index (χ3v) is 6.89. The Balaban J connectivity index is 1.79. The second-order valence-electron chi connectivity index (χ2n) is 8.72. The van der Waals surface area contributed by atoms with Crippen LogP contribution in [0.1, 0.15) is 32.0 Å². The van der Waals surface area contributed by atoms with Gasteiger partial charge in [-0.25, -0.2) is 4.79 Å². The van der Waals surface area contributed by atoms with E-state index in [4.69, 9.17) is 39.5 Å². The molecule has 2 amide bonds. The molecule has 0 aliphatic heterocycles. The van der Waals surface area contributed by atoms with Gasteiger partial charge < -0.3 is 20.4 Å². The minimum Gasteiger partial charge on any atom is -0.439 e. The number of amides is 2. The van der Waals surface area contributed by atoms with Crippen LogP contribution < -0.4 is 10.6 Å². The Morgan fingerprint density at radius 1 is 1.06 bits per heavy atom. The van der Waals surface area contributed by atoms with Gasteiger partial charge in [0.1, 0.15) is 5.54 Å². The van der Waals surface area contributed by atoms with Crippen LogP contribution in [-0.2, 0) is 22.4 Å². The summed E-state index contributed by atoms with van der Waals surface area (Å²) in [6.07, 6.45) is 3.39. The minimum atomic E-state index is -1.86. The summed E-state index contributed by atoms with van der Waals surface area (Å²) in [5.41, 5.74) is -0.151. The van der Waals surface area contributed by atoms with Gasteiger partial charge in [0.2, 0.25) is 9.70 Å². The summed E-state index contributed by atoms with van der Waals surface area (Å²) in [5.74, 6) is -0.377. The number of aromatic nitrogens is 2. The molecule has 3 rings (SSSR count). The Bertz CT molecular complexity index is 1150. The van der Waals surface area contributed by atoms with E-state index in [9.17, 15) is 9.59 Å². The van der Waals surface area contributed by atoms with Crippen LogP contribution in [0.2, 0.25) is 0 Å². The molecule has 0 saturated heterocycles. The molecule has 0 aliphatic rings. The maximum atomic E-state index is 13.3. The van der Waals surface area contributed by atoms with Crippen molar-refractivity contribution in [3.63, 3.8) is 0 Å². The number of fused-ring (bicyclic) bond motifs is 1. The normalized spacial score (nSPS) is 13.8. The van der Waals surface area contributed by atoms with E-state index >= 15 is 0 Å². The van der Waals surface area contributed by atoms with Gasteiger partial charge in [-0.1, -0.05) is 59.1 Å². The molecule has 3 aromatic rings. The van der Waals surface area contributed by atoms with Crippen LogP contribution in [0.15, 0.2) is 54.9 Å². The van der Waals surface area contributed by atoms with Crippen molar-refractivity contribution >= 4 is 57.7 Å². The van der Waals surface area contributed by atoms with Gasteiger partial charge in [0, 0.05) is 48.4 Å². The van der Waals surface area contributed by atoms with E-state index < -0.39 is 21.0 Å². The number of para-hydroxylation sites is 1. The molecule has 1 aromatic carbocycles. The summed E-state index contributed by atoms with van der Waals surface area (Å²) in [5, 5.41) is 6.54. The first-order chi connectivity index (χ1) is 15.9. The van der Waals surface area contributed by atoms with E-state index in [1.54, 1.807) is 13.1 Å².